The van der Waals surface area contributed by atoms with E-state index in [1.807, 2.05) is 0 Å². The molecule has 1 unspecified atom stereocenters. The number of rotatable bonds is 4. The highest BCUT2D eigenvalue weighted by Gasteiger charge is 2.46. The molecule has 1 aromatic rings. The Morgan fingerprint density at radius 1 is 1.45 bits per heavy atom. The number of H-pyrrole nitrogens is 1. The van der Waals surface area contributed by atoms with Crippen LogP contribution in [0, 0.1) is 6.92 Å². The topological polar surface area (TPSA) is 82.5 Å². The van der Waals surface area contributed by atoms with Crippen molar-refractivity contribution in [3.8, 4) is 0 Å². The number of aryl methyl sites for hydroxylation is 1. The molecule has 1 aliphatic rings. The van der Waals surface area contributed by atoms with Gasteiger partial charge >= 0.3 is 5.69 Å². The number of methoxy groups -OCH3 is 2. The lowest BCUT2D eigenvalue weighted by atomic mass is 10.1. The van der Waals surface area contributed by atoms with Gasteiger partial charge in [-0.3, -0.25) is 14.3 Å². The van der Waals surface area contributed by atoms with Crippen LogP contribution in [0.25, 0.3) is 0 Å². The Balaban J connectivity index is 2.36. The van der Waals surface area contributed by atoms with Crippen molar-refractivity contribution in [1.29, 1.82) is 0 Å². The lowest BCUT2D eigenvalue weighted by molar-refractivity contribution is -0.0625. The molecule has 1 aromatic heterocycles. The van der Waals surface area contributed by atoms with Crippen LogP contribution in [0.15, 0.2) is 15.8 Å². The highest BCUT2D eigenvalue weighted by Crippen LogP contribution is 2.32. The molecule has 7 nitrogen and oxygen atoms in total. The van der Waals surface area contributed by atoms with Gasteiger partial charge in [0.2, 0.25) is 0 Å². The number of nitrogens with zero attached hydrogens (tertiary/aromatic N) is 1. The van der Waals surface area contributed by atoms with E-state index in [0.717, 1.165) is 4.57 Å². The maximum atomic E-state index is 14.4. The summed E-state index contributed by atoms with van der Waals surface area (Å²) in [5, 5.41) is 0. The Morgan fingerprint density at radius 2 is 2.15 bits per heavy atom. The molecule has 0 bridgehead atoms. The van der Waals surface area contributed by atoms with Crippen LogP contribution in [-0.2, 0) is 14.2 Å². The second-order valence-electron chi connectivity index (χ2n) is 4.64. The summed E-state index contributed by atoms with van der Waals surface area (Å²) in [7, 11) is 2.83. The molecule has 2 heterocycles. The third-order valence-electron chi connectivity index (χ3n) is 3.29. The molecule has 1 fully saturated rings. The third-order valence-corrected chi connectivity index (χ3v) is 3.29. The van der Waals surface area contributed by atoms with Crippen LogP contribution in [-0.4, -0.2) is 48.8 Å². The molecule has 0 amide bonds. The van der Waals surface area contributed by atoms with E-state index in [4.69, 9.17) is 14.2 Å². The summed E-state index contributed by atoms with van der Waals surface area (Å²) >= 11 is 0. The third kappa shape index (κ3) is 2.54. The molecule has 0 aliphatic carbocycles. The van der Waals surface area contributed by atoms with Gasteiger partial charge in [-0.2, -0.15) is 0 Å². The van der Waals surface area contributed by atoms with Crippen LogP contribution < -0.4 is 11.2 Å². The molecule has 4 atom stereocenters. The monoisotopic (exact) mass is 288 g/mol. The van der Waals surface area contributed by atoms with Gasteiger partial charge in [0.15, 0.2) is 12.4 Å². The fourth-order valence-electron chi connectivity index (χ4n) is 2.27. The zero-order valence-electron chi connectivity index (χ0n) is 11.5. The summed E-state index contributed by atoms with van der Waals surface area (Å²) in [5.74, 6) is 0. The normalized spacial score (nSPS) is 29.8. The van der Waals surface area contributed by atoms with Crippen molar-refractivity contribution in [2.45, 2.75) is 31.5 Å². The number of ether oxygens (including phenoxy) is 3. The highest BCUT2D eigenvalue weighted by molar-refractivity contribution is 5.03. The van der Waals surface area contributed by atoms with Gasteiger partial charge in [-0.05, 0) is 6.92 Å². The zero-order chi connectivity index (χ0) is 14.9. The summed E-state index contributed by atoms with van der Waals surface area (Å²) in [6.07, 6.45) is -2.87. The number of halogens is 1. The van der Waals surface area contributed by atoms with E-state index in [9.17, 15) is 14.0 Å². The van der Waals surface area contributed by atoms with Gasteiger partial charge in [0.05, 0.1) is 6.61 Å². The lowest BCUT2D eigenvalue weighted by Crippen LogP contribution is -2.37. The predicted octanol–water partition coefficient (Wildman–Crippen LogP) is -0.258. The molecule has 2 rings (SSSR count). The molecule has 0 saturated carbocycles. The van der Waals surface area contributed by atoms with Gasteiger partial charge in [0, 0.05) is 26.0 Å². The van der Waals surface area contributed by atoms with Crippen molar-refractivity contribution in [3.63, 3.8) is 0 Å². The van der Waals surface area contributed by atoms with Crippen LogP contribution >= 0.6 is 0 Å². The Morgan fingerprint density at radius 3 is 2.75 bits per heavy atom. The number of alkyl halides is 1. The van der Waals surface area contributed by atoms with E-state index in [1.54, 1.807) is 0 Å². The van der Waals surface area contributed by atoms with E-state index in [0.29, 0.717) is 5.56 Å². The van der Waals surface area contributed by atoms with Crippen LogP contribution in [0.3, 0.4) is 0 Å². The molecule has 112 valence electrons. The summed E-state index contributed by atoms with van der Waals surface area (Å²) < 4.78 is 30.9. The van der Waals surface area contributed by atoms with Gasteiger partial charge in [-0.1, -0.05) is 0 Å². The van der Waals surface area contributed by atoms with Crippen molar-refractivity contribution >= 4 is 0 Å². The summed E-state index contributed by atoms with van der Waals surface area (Å²) in [6.45, 7) is 1.67. The van der Waals surface area contributed by atoms with Crippen molar-refractivity contribution in [1.82, 2.24) is 9.55 Å². The molecule has 1 saturated heterocycles. The van der Waals surface area contributed by atoms with Crippen LogP contribution in [0.4, 0.5) is 4.39 Å². The Bertz CT molecular complexity index is 584. The summed E-state index contributed by atoms with van der Waals surface area (Å²) in [5.41, 5.74) is -0.929. The minimum Gasteiger partial charge on any atom is -0.382 e. The smallest absolute Gasteiger partial charge is 0.330 e. The van der Waals surface area contributed by atoms with Gasteiger partial charge in [-0.15, -0.1) is 0 Å². The predicted molar refractivity (Wildman–Crippen MR) is 67.5 cm³/mol. The molecule has 0 spiro atoms. The van der Waals surface area contributed by atoms with E-state index in [-0.39, 0.29) is 6.61 Å². The molecule has 0 radical (unpaired) electrons. The Kier molecular flexibility index (Phi) is 4.36. The van der Waals surface area contributed by atoms with Crippen LogP contribution in [0.2, 0.25) is 0 Å². The van der Waals surface area contributed by atoms with Gasteiger partial charge in [0.1, 0.15) is 12.2 Å². The number of hydrogen-bond donors (Lipinski definition) is 1. The lowest BCUT2D eigenvalue weighted by Gasteiger charge is -2.16. The fraction of sp³-hybridized carbons (Fsp3) is 0.667. The molecular weight excluding hydrogens is 271 g/mol. The average molecular weight is 288 g/mol. The highest BCUT2D eigenvalue weighted by atomic mass is 19.1. The zero-order valence-corrected chi connectivity index (χ0v) is 11.5. The van der Waals surface area contributed by atoms with Crippen molar-refractivity contribution < 1.29 is 18.6 Å². The largest absolute Gasteiger partial charge is 0.382 e. The number of aromatic amines is 1. The van der Waals surface area contributed by atoms with E-state index in [2.05, 4.69) is 4.98 Å². The van der Waals surface area contributed by atoms with Gasteiger partial charge < -0.3 is 14.2 Å². The van der Waals surface area contributed by atoms with Crippen molar-refractivity contribution in [3.05, 3.63) is 32.6 Å². The van der Waals surface area contributed by atoms with Gasteiger partial charge in [-0.25, -0.2) is 9.18 Å². The van der Waals surface area contributed by atoms with Gasteiger partial charge in [0.25, 0.3) is 5.56 Å². The standard InChI is InChI=1S/C12H17FN2O5/c1-6-4-15(12(17)14-10(6)16)11-8(13)9(19-3)7(20-11)5-18-2/h4,7-9,11H,5H2,1-3H3,(H,14,16,17)/t7-,8?,9+,11-/m1/s1. The number of hydrogen-bond acceptors (Lipinski definition) is 5. The molecular formula is C12H17FN2O5. The molecule has 1 aliphatic heterocycles. The molecule has 0 aromatic carbocycles. The first-order valence-electron chi connectivity index (χ1n) is 6.13. The van der Waals surface area contributed by atoms with Crippen molar-refractivity contribution in [2.75, 3.05) is 20.8 Å². The minimum atomic E-state index is -1.54. The summed E-state index contributed by atoms with van der Waals surface area (Å²) in [6, 6.07) is 0. The second kappa shape index (κ2) is 5.86. The number of aromatic nitrogens is 2. The SMILES string of the molecule is COC[C@H]1O[C@@H](n2cc(C)c(=O)[nH]c2=O)C(F)[C@H]1OC. The van der Waals surface area contributed by atoms with Crippen LogP contribution in [0.5, 0.6) is 0 Å². The first kappa shape index (κ1) is 14.9. The summed E-state index contributed by atoms with van der Waals surface area (Å²) in [4.78, 5) is 25.2. The Hall–Kier alpha value is -1.51. The van der Waals surface area contributed by atoms with Crippen molar-refractivity contribution in [2.24, 2.45) is 0 Å². The molecule has 20 heavy (non-hydrogen) atoms. The van der Waals surface area contributed by atoms with E-state index in [1.165, 1.54) is 27.3 Å². The number of nitrogens with one attached hydrogen (secondary N) is 1. The first-order chi connectivity index (χ1) is 9.49. The average Bonchev–Trinajstić information content (AvgIpc) is 2.71. The maximum Gasteiger partial charge on any atom is 0.330 e. The fourth-order valence-corrected chi connectivity index (χ4v) is 2.27. The maximum absolute atomic E-state index is 14.4. The van der Waals surface area contributed by atoms with E-state index < -0.39 is 35.9 Å². The second-order valence-corrected chi connectivity index (χ2v) is 4.64. The first-order valence-corrected chi connectivity index (χ1v) is 6.13. The Labute approximate surface area is 114 Å². The van der Waals surface area contributed by atoms with E-state index >= 15 is 0 Å². The minimum absolute atomic E-state index is 0.145. The quantitative estimate of drug-likeness (QED) is 0.825. The molecule has 8 heteroatoms. The molecule has 1 N–H and O–H groups in total. The van der Waals surface area contributed by atoms with Crippen LogP contribution in [0.1, 0.15) is 11.8 Å².